The van der Waals surface area contributed by atoms with Gasteiger partial charge in [0.25, 0.3) is 0 Å². The Labute approximate surface area is 113 Å². The van der Waals surface area contributed by atoms with Crippen LogP contribution in [0.15, 0.2) is 29.0 Å². The Morgan fingerprint density at radius 3 is 3.00 bits per heavy atom. The Kier molecular flexibility index (Phi) is 3.29. The highest BCUT2D eigenvalue weighted by Crippen LogP contribution is 2.25. The van der Waals surface area contributed by atoms with Crippen molar-refractivity contribution in [2.24, 2.45) is 5.92 Å². The lowest BCUT2D eigenvalue weighted by atomic mass is 9.84. The first-order valence-corrected chi connectivity index (χ1v) is 6.90. The van der Waals surface area contributed by atoms with Gasteiger partial charge in [0.05, 0.1) is 0 Å². The van der Waals surface area contributed by atoms with Crippen LogP contribution in [-0.4, -0.2) is 31.2 Å². The third-order valence-electron chi connectivity index (χ3n) is 3.98. The highest BCUT2D eigenvalue weighted by Gasteiger charge is 2.23. The fraction of sp³-hybridized carbons (Fsp3) is 0.533. The first-order chi connectivity index (χ1) is 9.15. The number of hydrogen-bond donors (Lipinski definition) is 2. The average Bonchev–Trinajstić information content (AvgIpc) is 2.79. The molecule has 0 radical (unpaired) electrons. The minimum Gasteiger partial charge on any atom is -0.443 e. The molecule has 1 aromatic heterocycles. The number of fused-ring (bicyclic) bond motifs is 1. The number of nitrogens with one attached hydrogen (secondary N) is 2. The molecule has 0 aliphatic carbocycles. The summed E-state index contributed by atoms with van der Waals surface area (Å²) in [5, 5.41) is 6.88. The van der Waals surface area contributed by atoms with Gasteiger partial charge in [-0.1, -0.05) is 19.9 Å². The van der Waals surface area contributed by atoms with Crippen molar-refractivity contribution in [3.05, 3.63) is 30.2 Å². The van der Waals surface area contributed by atoms with Gasteiger partial charge in [-0.3, -0.25) is 0 Å². The monoisotopic (exact) mass is 259 g/mol. The summed E-state index contributed by atoms with van der Waals surface area (Å²) >= 11 is 0. The third-order valence-corrected chi connectivity index (χ3v) is 3.98. The second kappa shape index (κ2) is 4.94. The molecule has 0 atom stereocenters. The van der Waals surface area contributed by atoms with Crippen LogP contribution in [0.4, 0.5) is 0 Å². The van der Waals surface area contributed by atoms with E-state index in [9.17, 15) is 0 Å². The molecular weight excluding hydrogens is 238 g/mol. The summed E-state index contributed by atoms with van der Waals surface area (Å²) in [4.78, 5) is 4.16. The maximum Gasteiger partial charge on any atom is 0.181 e. The van der Waals surface area contributed by atoms with E-state index in [1.165, 1.54) is 12.0 Å². The molecule has 102 valence electrons. The maximum absolute atomic E-state index is 5.38. The lowest BCUT2D eigenvalue weighted by Gasteiger charge is -2.30. The number of rotatable bonds is 5. The van der Waals surface area contributed by atoms with Crippen LogP contribution in [0.3, 0.4) is 0 Å². The zero-order chi connectivity index (χ0) is 13.3. The molecule has 4 nitrogen and oxygen atoms in total. The quantitative estimate of drug-likeness (QED) is 0.861. The van der Waals surface area contributed by atoms with E-state index >= 15 is 0 Å². The molecule has 1 aliphatic heterocycles. The molecule has 0 amide bonds. The lowest BCUT2D eigenvalue weighted by molar-refractivity contribution is 0.319. The van der Waals surface area contributed by atoms with Crippen molar-refractivity contribution in [1.82, 2.24) is 15.6 Å². The van der Waals surface area contributed by atoms with E-state index in [4.69, 9.17) is 4.42 Å². The number of hydrogen-bond acceptors (Lipinski definition) is 4. The number of aromatic nitrogens is 1. The van der Waals surface area contributed by atoms with E-state index < -0.39 is 0 Å². The summed E-state index contributed by atoms with van der Waals surface area (Å²) in [7, 11) is 0. The van der Waals surface area contributed by atoms with Crippen molar-refractivity contribution in [1.29, 1.82) is 0 Å². The lowest BCUT2D eigenvalue weighted by Crippen LogP contribution is -2.48. The van der Waals surface area contributed by atoms with E-state index in [-0.39, 0.29) is 5.41 Å². The smallest absolute Gasteiger partial charge is 0.181 e. The standard InChI is InChI=1S/C15H21N3O/c1-15(2,9-17-8-11-6-16-7-11)12-3-4-13-14(5-12)19-10-18-13/h3-5,10-11,16-17H,6-9H2,1-2H3. The van der Waals surface area contributed by atoms with Gasteiger partial charge in [0, 0.05) is 31.6 Å². The van der Waals surface area contributed by atoms with Crippen molar-refractivity contribution < 1.29 is 4.42 Å². The summed E-state index contributed by atoms with van der Waals surface area (Å²) in [6.07, 6.45) is 1.50. The van der Waals surface area contributed by atoms with Crippen LogP contribution < -0.4 is 10.6 Å². The SMILES string of the molecule is CC(C)(CNCC1CNC1)c1ccc2ncoc2c1. The molecule has 3 rings (SSSR count). The second-order valence-electron chi connectivity index (χ2n) is 6.07. The summed E-state index contributed by atoms with van der Waals surface area (Å²) in [6, 6.07) is 6.29. The first-order valence-electron chi connectivity index (χ1n) is 6.90. The van der Waals surface area contributed by atoms with Gasteiger partial charge >= 0.3 is 0 Å². The Morgan fingerprint density at radius 1 is 1.42 bits per heavy atom. The predicted octanol–water partition coefficient (Wildman–Crippen LogP) is 1.91. The van der Waals surface area contributed by atoms with Crippen LogP contribution in [0.2, 0.25) is 0 Å². The van der Waals surface area contributed by atoms with Gasteiger partial charge < -0.3 is 15.1 Å². The van der Waals surface area contributed by atoms with Crippen LogP contribution in [0.25, 0.3) is 11.1 Å². The molecule has 2 aromatic rings. The van der Waals surface area contributed by atoms with Crippen LogP contribution in [0, 0.1) is 5.92 Å². The van der Waals surface area contributed by atoms with Crippen LogP contribution in [0.1, 0.15) is 19.4 Å². The highest BCUT2D eigenvalue weighted by molar-refractivity contribution is 5.73. The van der Waals surface area contributed by atoms with Crippen molar-refractivity contribution in [3.8, 4) is 0 Å². The van der Waals surface area contributed by atoms with Gasteiger partial charge in [-0.2, -0.15) is 0 Å². The van der Waals surface area contributed by atoms with Crippen molar-refractivity contribution in [2.45, 2.75) is 19.3 Å². The molecule has 0 saturated carbocycles. The number of nitrogens with zero attached hydrogens (tertiary/aromatic N) is 1. The van der Waals surface area contributed by atoms with E-state index in [1.54, 1.807) is 0 Å². The van der Waals surface area contributed by atoms with Crippen LogP contribution in [0.5, 0.6) is 0 Å². The maximum atomic E-state index is 5.38. The van der Waals surface area contributed by atoms with Gasteiger partial charge in [-0.05, 0) is 23.6 Å². The fourth-order valence-corrected chi connectivity index (χ4v) is 2.46. The molecule has 2 N–H and O–H groups in total. The topological polar surface area (TPSA) is 50.1 Å². The summed E-state index contributed by atoms with van der Waals surface area (Å²) in [6.45, 7) is 8.89. The molecule has 0 spiro atoms. The fourth-order valence-electron chi connectivity index (χ4n) is 2.46. The number of oxazole rings is 1. The Morgan fingerprint density at radius 2 is 2.26 bits per heavy atom. The highest BCUT2D eigenvalue weighted by atomic mass is 16.3. The summed E-state index contributed by atoms with van der Waals surface area (Å²) < 4.78 is 5.38. The molecule has 1 saturated heterocycles. The minimum atomic E-state index is 0.0954. The van der Waals surface area contributed by atoms with E-state index in [0.717, 1.165) is 43.2 Å². The predicted molar refractivity (Wildman–Crippen MR) is 76.3 cm³/mol. The van der Waals surface area contributed by atoms with E-state index in [1.807, 2.05) is 6.07 Å². The van der Waals surface area contributed by atoms with Crippen molar-refractivity contribution >= 4 is 11.1 Å². The Bertz CT molecular complexity index is 557. The molecule has 2 heterocycles. The molecule has 1 aromatic carbocycles. The summed E-state index contributed by atoms with van der Waals surface area (Å²) in [5.41, 5.74) is 3.18. The van der Waals surface area contributed by atoms with Crippen molar-refractivity contribution in [2.75, 3.05) is 26.2 Å². The normalized spacial score (nSPS) is 16.7. The summed E-state index contributed by atoms with van der Waals surface area (Å²) in [5.74, 6) is 0.799. The first kappa shape index (κ1) is 12.6. The Hall–Kier alpha value is -1.39. The average molecular weight is 259 g/mol. The third kappa shape index (κ3) is 2.65. The molecule has 1 fully saturated rings. The van der Waals surface area contributed by atoms with Gasteiger partial charge in [0.15, 0.2) is 12.0 Å². The van der Waals surface area contributed by atoms with Crippen LogP contribution in [-0.2, 0) is 5.41 Å². The van der Waals surface area contributed by atoms with Crippen molar-refractivity contribution in [3.63, 3.8) is 0 Å². The molecule has 1 aliphatic rings. The van der Waals surface area contributed by atoms with E-state index in [2.05, 4.69) is 41.6 Å². The molecule has 0 bridgehead atoms. The van der Waals surface area contributed by atoms with Gasteiger partial charge in [-0.25, -0.2) is 4.98 Å². The van der Waals surface area contributed by atoms with Gasteiger partial charge in [-0.15, -0.1) is 0 Å². The zero-order valence-electron chi connectivity index (χ0n) is 11.6. The largest absolute Gasteiger partial charge is 0.443 e. The van der Waals surface area contributed by atoms with Gasteiger partial charge in [0.1, 0.15) is 5.52 Å². The molecular formula is C15H21N3O. The molecule has 0 unspecified atom stereocenters. The Balaban J connectivity index is 1.66. The zero-order valence-corrected chi connectivity index (χ0v) is 11.6. The van der Waals surface area contributed by atoms with Gasteiger partial charge in [0.2, 0.25) is 0 Å². The van der Waals surface area contributed by atoms with Crippen LogP contribution >= 0.6 is 0 Å². The second-order valence-corrected chi connectivity index (χ2v) is 6.07. The molecule has 4 heteroatoms. The number of benzene rings is 1. The molecule has 19 heavy (non-hydrogen) atoms. The minimum absolute atomic E-state index is 0.0954. The van der Waals surface area contributed by atoms with E-state index in [0.29, 0.717) is 0 Å².